The number of furan rings is 1. The van der Waals surface area contributed by atoms with Crippen LogP contribution in [0.2, 0.25) is 0 Å². The van der Waals surface area contributed by atoms with Crippen LogP contribution in [0.3, 0.4) is 0 Å². The Balaban J connectivity index is 1.50. The summed E-state index contributed by atoms with van der Waals surface area (Å²) in [5.74, 6) is -2.25. The van der Waals surface area contributed by atoms with Gasteiger partial charge in [-0.1, -0.05) is 43.3 Å². The largest absolute Gasteiger partial charge is 0.455 e. The Labute approximate surface area is 324 Å². The van der Waals surface area contributed by atoms with Crippen LogP contribution in [-0.4, -0.2) is 63.9 Å². The third-order valence-corrected chi connectivity index (χ3v) is 11.5. The minimum Gasteiger partial charge on any atom is -0.455 e. The van der Waals surface area contributed by atoms with E-state index in [1.807, 2.05) is 11.8 Å². The monoisotopic (exact) mass is 831 g/mol. The molecule has 1 fully saturated rings. The van der Waals surface area contributed by atoms with Crippen LogP contribution >= 0.6 is 7.60 Å². The highest BCUT2D eigenvalue weighted by atomic mass is 31.2. The second-order valence-corrected chi connectivity index (χ2v) is 15.9. The van der Waals surface area contributed by atoms with Gasteiger partial charge in [0.25, 0.3) is 5.56 Å². The molecule has 0 spiro atoms. The summed E-state index contributed by atoms with van der Waals surface area (Å²) in [6, 6.07) is 12.5. The zero-order valence-corrected chi connectivity index (χ0v) is 32.5. The Hall–Kier alpha value is -4.22. The van der Waals surface area contributed by atoms with Crippen molar-refractivity contribution in [2.45, 2.75) is 77.7 Å². The third kappa shape index (κ3) is 11.0. The molecule has 0 amide bonds. The highest BCUT2D eigenvalue weighted by Crippen LogP contribution is 2.44. The smallest absolute Gasteiger partial charge is 0.449 e. The Morgan fingerprint density at radius 1 is 0.912 bits per heavy atom. The van der Waals surface area contributed by atoms with Crippen molar-refractivity contribution in [3.05, 3.63) is 121 Å². The molecule has 4 aromatic rings. The Morgan fingerprint density at radius 2 is 1.60 bits per heavy atom. The molecule has 57 heavy (non-hydrogen) atoms. The van der Waals surface area contributed by atoms with Crippen molar-refractivity contribution in [2.24, 2.45) is 0 Å². The van der Waals surface area contributed by atoms with Gasteiger partial charge < -0.3 is 24.1 Å². The lowest BCUT2D eigenvalue weighted by Crippen LogP contribution is -2.51. The van der Waals surface area contributed by atoms with Gasteiger partial charge in [0.15, 0.2) is 0 Å². The number of hydrogen-bond acceptors (Lipinski definition) is 8. The first-order valence-corrected chi connectivity index (χ1v) is 20.2. The van der Waals surface area contributed by atoms with Crippen molar-refractivity contribution in [3.63, 3.8) is 0 Å². The normalized spacial score (nSPS) is 16.4. The summed E-state index contributed by atoms with van der Waals surface area (Å²) in [5.41, 5.74) is -3.19. The van der Waals surface area contributed by atoms with E-state index in [1.165, 1.54) is 13.0 Å². The molecule has 2 N–H and O–H groups in total. The number of piperazine rings is 1. The van der Waals surface area contributed by atoms with E-state index in [0.717, 1.165) is 27.3 Å². The summed E-state index contributed by atoms with van der Waals surface area (Å²) in [6.45, 7) is 4.70. The molecule has 0 aliphatic carbocycles. The van der Waals surface area contributed by atoms with Gasteiger partial charge in [-0.2, -0.15) is 26.3 Å². The Kier molecular flexibility index (Phi) is 14.0. The Bertz CT molecular complexity index is 2150. The van der Waals surface area contributed by atoms with Crippen molar-refractivity contribution in [1.29, 1.82) is 0 Å². The molecule has 19 heteroatoms. The summed E-state index contributed by atoms with van der Waals surface area (Å²) in [7, 11) is -3.92. The zero-order chi connectivity index (χ0) is 41.7. The second-order valence-electron chi connectivity index (χ2n) is 14.0. The van der Waals surface area contributed by atoms with E-state index >= 15 is 4.39 Å². The number of aromatic nitrogens is 2. The molecule has 2 aromatic carbocycles. The Morgan fingerprint density at radius 3 is 2.21 bits per heavy atom. The molecule has 11 nitrogen and oxygen atoms in total. The lowest BCUT2D eigenvalue weighted by molar-refractivity contribution is -0.153. The van der Waals surface area contributed by atoms with E-state index in [-0.39, 0.29) is 75.5 Å². The number of halogens is 7. The van der Waals surface area contributed by atoms with Gasteiger partial charge in [-0.25, -0.2) is 9.18 Å². The van der Waals surface area contributed by atoms with Crippen molar-refractivity contribution in [2.75, 3.05) is 43.8 Å². The van der Waals surface area contributed by atoms with Crippen LogP contribution < -0.4 is 21.5 Å². The van der Waals surface area contributed by atoms with Crippen LogP contribution in [0.5, 0.6) is 0 Å². The number of alkyl halides is 6. The minimum absolute atomic E-state index is 0.00356. The maximum atomic E-state index is 15.2. The number of benzene rings is 2. The SMILES string of the molecule is CCC(C)OP(=O)(O)CCCN[C@@H](Cn1c(=O)c(N2CCN(Cc3ccc(C(F)(F)F)o3)CC2)c(C)n(Cc2c(F)cccc2C(F)(F)F)c1=O)c1ccccc1. The number of nitrogens with one attached hydrogen (secondary N) is 1. The maximum absolute atomic E-state index is 15.2. The maximum Gasteiger partial charge on any atom is 0.449 e. The quantitative estimate of drug-likeness (QED) is 0.0688. The topological polar surface area (TPSA) is 122 Å². The third-order valence-electron chi connectivity index (χ3n) is 9.90. The van der Waals surface area contributed by atoms with Gasteiger partial charge in [0, 0.05) is 37.4 Å². The molecule has 1 aliphatic rings. The van der Waals surface area contributed by atoms with Gasteiger partial charge in [-0.05, 0) is 63.1 Å². The van der Waals surface area contributed by atoms with Crippen LogP contribution in [0.4, 0.5) is 36.4 Å². The summed E-state index contributed by atoms with van der Waals surface area (Å²) in [5, 5.41) is 3.24. The van der Waals surface area contributed by atoms with E-state index in [1.54, 1.807) is 42.2 Å². The number of anilines is 1. The van der Waals surface area contributed by atoms with Crippen molar-refractivity contribution >= 4 is 13.3 Å². The van der Waals surface area contributed by atoms with Gasteiger partial charge in [-0.3, -0.25) is 23.4 Å². The highest BCUT2D eigenvalue weighted by Gasteiger charge is 2.37. The zero-order valence-electron chi connectivity index (χ0n) is 31.6. The van der Waals surface area contributed by atoms with Gasteiger partial charge in [0.05, 0.1) is 43.5 Å². The summed E-state index contributed by atoms with van der Waals surface area (Å²) in [6.07, 6.45) is -9.51. The first-order chi connectivity index (χ1) is 26.8. The predicted molar refractivity (Wildman–Crippen MR) is 199 cm³/mol. The fraction of sp³-hybridized carbons (Fsp3) is 0.474. The van der Waals surface area contributed by atoms with E-state index in [9.17, 15) is 45.4 Å². The molecular weight excluding hydrogens is 786 g/mol. The molecule has 3 heterocycles. The lowest BCUT2D eigenvalue weighted by Gasteiger charge is -2.36. The molecule has 0 bridgehead atoms. The lowest BCUT2D eigenvalue weighted by atomic mass is 10.1. The van der Waals surface area contributed by atoms with Crippen LogP contribution in [-0.2, 0) is 41.1 Å². The molecule has 2 aromatic heterocycles. The first-order valence-electron chi connectivity index (χ1n) is 18.4. The van der Waals surface area contributed by atoms with Crippen molar-refractivity contribution in [3.8, 4) is 0 Å². The van der Waals surface area contributed by atoms with Crippen molar-refractivity contribution < 1.29 is 49.1 Å². The fourth-order valence-corrected chi connectivity index (χ4v) is 8.10. The molecule has 1 saturated heterocycles. The van der Waals surface area contributed by atoms with Crippen LogP contribution in [0.15, 0.2) is 74.7 Å². The molecular formula is C38H45F7N5O6P. The molecule has 5 rings (SSSR count). The molecule has 3 atom stereocenters. The summed E-state index contributed by atoms with van der Waals surface area (Å²) >= 11 is 0. The second kappa shape index (κ2) is 18.1. The van der Waals surface area contributed by atoms with Gasteiger partial charge in [-0.15, -0.1) is 0 Å². The van der Waals surface area contributed by atoms with Gasteiger partial charge >= 0.3 is 25.6 Å². The molecule has 0 radical (unpaired) electrons. The fourth-order valence-electron chi connectivity index (χ4n) is 6.73. The van der Waals surface area contributed by atoms with E-state index in [2.05, 4.69) is 5.32 Å². The molecule has 0 saturated carbocycles. The first kappa shape index (κ1) is 43.9. The summed E-state index contributed by atoms with van der Waals surface area (Å²) in [4.78, 5) is 42.5. The van der Waals surface area contributed by atoms with Crippen LogP contribution in [0, 0.1) is 12.7 Å². The van der Waals surface area contributed by atoms with Gasteiger partial charge in [0.2, 0.25) is 5.76 Å². The average Bonchev–Trinajstić information content (AvgIpc) is 3.63. The van der Waals surface area contributed by atoms with E-state index in [0.29, 0.717) is 18.1 Å². The van der Waals surface area contributed by atoms with E-state index < -0.39 is 72.6 Å². The molecule has 1 aliphatic heterocycles. The predicted octanol–water partition coefficient (Wildman–Crippen LogP) is 7.18. The van der Waals surface area contributed by atoms with Crippen LogP contribution in [0.1, 0.15) is 66.6 Å². The molecule has 2 unspecified atom stereocenters. The number of hydrogen-bond donors (Lipinski definition) is 2. The summed E-state index contributed by atoms with van der Waals surface area (Å²) < 4.78 is 122. The standard InChI is InChI=1S/C38H45F7N5O6P/c1-4-25(2)56-57(53,54)21-9-16-46-32(27-10-6-5-7-11-27)24-50-35(51)34(48-19-17-47(18-20-48)22-28-14-15-33(55-28)38(43,44)45)26(3)49(36(50)52)23-29-30(37(40,41)42)12-8-13-31(29)39/h5-8,10-15,25,32,46H,4,9,16-24H2,1-3H3,(H,53,54)/t25?,32-/m0/s1. The number of nitrogens with zero attached hydrogens (tertiary/aromatic N) is 4. The van der Waals surface area contributed by atoms with Crippen molar-refractivity contribution in [1.82, 2.24) is 19.4 Å². The molecule has 312 valence electrons. The average molecular weight is 832 g/mol. The van der Waals surface area contributed by atoms with E-state index in [4.69, 9.17) is 8.94 Å². The number of rotatable bonds is 16. The minimum atomic E-state index is -4.96. The van der Waals surface area contributed by atoms with Crippen LogP contribution in [0.25, 0.3) is 0 Å². The van der Waals surface area contributed by atoms with Gasteiger partial charge in [0.1, 0.15) is 17.3 Å². The highest BCUT2D eigenvalue weighted by molar-refractivity contribution is 7.52.